The van der Waals surface area contributed by atoms with Gasteiger partial charge >= 0.3 is 6.09 Å². The number of nitrogens with one attached hydrogen (secondary N) is 3. The van der Waals surface area contributed by atoms with E-state index in [4.69, 9.17) is 4.74 Å². The van der Waals surface area contributed by atoms with E-state index in [1.807, 2.05) is 6.92 Å². The van der Waals surface area contributed by atoms with Gasteiger partial charge in [0.25, 0.3) is 0 Å². The van der Waals surface area contributed by atoms with Crippen molar-refractivity contribution in [1.29, 1.82) is 0 Å². The SMILES string of the molecule is CCNC(=NCC(c1c(F)cccc1F)N(C)C)NCCNC(=O)OC(C)(C)C.I. The summed E-state index contributed by atoms with van der Waals surface area (Å²) in [4.78, 5) is 17.8. The molecule has 3 N–H and O–H groups in total. The van der Waals surface area contributed by atoms with Gasteiger partial charge in [0.2, 0.25) is 0 Å². The molecule has 0 bridgehead atoms. The molecule has 0 radical (unpaired) electrons. The Balaban J connectivity index is 0.00000841. The van der Waals surface area contributed by atoms with Crippen LogP contribution in [0.3, 0.4) is 0 Å². The summed E-state index contributed by atoms with van der Waals surface area (Å²) >= 11 is 0. The quantitative estimate of drug-likeness (QED) is 0.204. The topological polar surface area (TPSA) is 78.0 Å². The van der Waals surface area contributed by atoms with Gasteiger partial charge in [-0.1, -0.05) is 6.07 Å². The van der Waals surface area contributed by atoms with Crippen molar-refractivity contribution in [1.82, 2.24) is 20.9 Å². The molecule has 0 heterocycles. The number of carbonyl (C=O) groups is 1. The van der Waals surface area contributed by atoms with Crippen LogP contribution in [0.5, 0.6) is 0 Å². The molecule has 7 nitrogen and oxygen atoms in total. The number of rotatable bonds is 8. The van der Waals surface area contributed by atoms with Crippen LogP contribution in [-0.2, 0) is 4.74 Å². The van der Waals surface area contributed by atoms with Gasteiger partial charge in [0.1, 0.15) is 17.2 Å². The van der Waals surface area contributed by atoms with Crippen molar-refractivity contribution in [3.05, 3.63) is 35.4 Å². The van der Waals surface area contributed by atoms with E-state index >= 15 is 0 Å². The summed E-state index contributed by atoms with van der Waals surface area (Å²) in [6.45, 7) is 8.80. The monoisotopic (exact) mass is 541 g/mol. The van der Waals surface area contributed by atoms with Gasteiger partial charge in [0, 0.05) is 25.2 Å². The summed E-state index contributed by atoms with van der Waals surface area (Å²) in [5, 5.41) is 8.80. The minimum Gasteiger partial charge on any atom is -0.444 e. The van der Waals surface area contributed by atoms with Crippen molar-refractivity contribution in [3.63, 3.8) is 0 Å². The third-order valence-corrected chi connectivity index (χ3v) is 3.81. The number of halogens is 3. The van der Waals surface area contributed by atoms with Crippen LogP contribution < -0.4 is 16.0 Å². The lowest BCUT2D eigenvalue weighted by atomic mass is 10.0. The lowest BCUT2D eigenvalue weighted by molar-refractivity contribution is 0.0529. The molecule has 0 aliphatic rings. The molecule has 0 aliphatic carbocycles. The van der Waals surface area contributed by atoms with Crippen LogP contribution in [-0.4, -0.2) is 62.8 Å². The van der Waals surface area contributed by atoms with Crippen molar-refractivity contribution >= 4 is 36.0 Å². The average molecular weight is 541 g/mol. The summed E-state index contributed by atoms with van der Waals surface area (Å²) in [5.41, 5.74) is -0.569. The summed E-state index contributed by atoms with van der Waals surface area (Å²) < 4.78 is 33.5. The second kappa shape index (κ2) is 13.6. The lowest BCUT2D eigenvalue weighted by Crippen LogP contribution is -2.42. The van der Waals surface area contributed by atoms with Gasteiger partial charge in [-0.25, -0.2) is 13.6 Å². The van der Waals surface area contributed by atoms with Crippen LogP contribution in [0.15, 0.2) is 23.2 Å². The van der Waals surface area contributed by atoms with E-state index < -0.39 is 29.4 Å². The Kier molecular flexibility index (Phi) is 12.8. The molecule has 0 saturated heterocycles. The van der Waals surface area contributed by atoms with Crippen molar-refractivity contribution < 1.29 is 18.3 Å². The summed E-state index contributed by atoms with van der Waals surface area (Å²) in [7, 11) is 3.49. The predicted octanol–water partition coefficient (Wildman–Crippen LogP) is 3.27. The number of ether oxygens (including phenoxy) is 1. The Bertz CT molecular complexity index is 676. The number of amides is 1. The summed E-state index contributed by atoms with van der Waals surface area (Å²) in [5.74, 6) is -0.709. The zero-order chi connectivity index (χ0) is 22.0. The van der Waals surface area contributed by atoms with Crippen molar-refractivity contribution in [2.45, 2.75) is 39.3 Å². The van der Waals surface area contributed by atoms with E-state index in [1.165, 1.54) is 18.2 Å². The maximum atomic E-state index is 14.2. The summed E-state index contributed by atoms with van der Waals surface area (Å²) in [6.07, 6.45) is -0.496. The van der Waals surface area contributed by atoms with E-state index in [1.54, 1.807) is 39.8 Å². The smallest absolute Gasteiger partial charge is 0.407 e. The fourth-order valence-electron chi connectivity index (χ4n) is 2.52. The number of aliphatic imine (C=N–C) groups is 1. The van der Waals surface area contributed by atoms with Crippen LogP contribution in [0.1, 0.15) is 39.3 Å². The van der Waals surface area contributed by atoms with E-state index in [0.29, 0.717) is 25.6 Å². The molecule has 10 heteroatoms. The molecule has 172 valence electrons. The van der Waals surface area contributed by atoms with Gasteiger partial charge in [-0.2, -0.15) is 0 Å². The van der Waals surface area contributed by atoms with Crippen LogP contribution in [0.2, 0.25) is 0 Å². The van der Waals surface area contributed by atoms with E-state index in [-0.39, 0.29) is 36.1 Å². The highest BCUT2D eigenvalue weighted by Crippen LogP contribution is 2.24. The van der Waals surface area contributed by atoms with E-state index in [0.717, 1.165) is 0 Å². The Morgan fingerprint density at radius 2 is 1.70 bits per heavy atom. The van der Waals surface area contributed by atoms with Crippen LogP contribution in [0.4, 0.5) is 13.6 Å². The first-order valence-electron chi connectivity index (χ1n) is 9.64. The van der Waals surface area contributed by atoms with Gasteiger partial charge in [0.15, 0.2) is 5.96 Å². The van der Waals surface area contributed by atoms with Crippen molar-refractivity contribution in [2.75, 3.05) is 40.3 Å². The minimum absolute atomic E-state index is 0. The highest BCUT2D eigenvalue weighted by Gasteiger charge is 2.22. The standard InChI is InChI=1S/C20H33F2N5O2.HI/c1-7-23-18(24-11-12-25-19(28)29-20(2,3)4)26-13-16(27(5)6)17-14(21)9-8-10-15(17)22;/h8-10,16H,7,11-13H2,1-6H3,(H,25,28)(H2,23,24,26);1H. The maximum absolute atomic E-state index is 14.2. The molecule has 0 fully saturated rings. The zero-order valence-electron chi connectivity index (χ0n) is 18.5. The predicted molar refractivity (Wildman–Crippen MR) is 126 cm³/mol. The van der Waals surface area contributed by atoms with Crippen LogP contribution in [0.25, 0.3) is 0 Å². The number of carbonyl (C=O) groups excluding carboxylic acids is 1. The van der Waals surface area contributed by atoms with Gasteiger partial charge in [0.05, 0.1) is 12.6 Å². The Labute approximate surface area is 195 Å². The first-order valence-corrected chi connectivity index (χ1v) is 9.64. The molecule has 0 saturated carbocycles. The molecule has 1 unspecified atom stereocenters. The molecule has 1 amide bonds. The maximum Gasteiger partial charge on any atom is 0.407 e. The van der Waals surface area contributed by atoms with Gasteiger partial charge in [-0.3, -0.25) is 4.99 Å². The average Bonchev–Trinajstić information content (AvgIpc) is 2.59. The molecule has 0 aliphatic heterocycles. The van der Waals surface area contributed by atoms with E-state index in [9.17, 15) is 13.6 Å². The molecule has 30 heavy (non-hydrogen) atoms. The first-order chi connectivity index (χ1) is 13.5. The number of hydrogen-bond donors (Lipinski definition) is 3. The number of nitrogens with zero attached hydrogens (tertiary/aromatic N) is 2. The largest absolute Gasteiger partial charge is 0.444 e. The number of benzene rings is 1. The Morgan fingerprint density at radius 1 is 1.13 bits per heavy atom. The number of guanidine groups is 1. The van der Waals surface area contributed by atoms with Crippen LogP contribution in [0, 0.1) is 11.6 Å². The normalized spacial score (nSPS) is 12.8. The first kappa shape index (κ1) is 28.3. The number of alkyl carbamates (subject to hydrolysis) is 1. The lowest BCUT2D eigenvalue weighted by Gasteiger charge is -2.24. The second-order valence-corrected chi connectivity index (χ2v) is 7.69. The molecule has 1 aromatic carbocycles. The fourth-order valence-corrected chi connectivity index (χ4v) is 2.52. The van der Waals surface area contributed by atoms with Crippen LogP contribution >= 0.6 is 24.0 Å². The Morgan fingerprint density at radius 3 is 2.20 bits per heavy atom. The molecule has 0 aromatic heterocycles. The third kappa shape index (κ3) is 10.4. The van der Waals surface area contributed by atoms with Crippen molar-refractivity contribution in [2.24, 2.45) is 4.99 Å². The summed E-state index contributed by atoms with van der Waals surface area (Å²) in [6, 6.07) is 3.26. The van der Waals surface area contributed by atoms with Gasteiger partial charge < -0.3 is 25.6 Å². The minimum atomic E-state index is -0.599. The molecule has 1 rings (SSSR count). The van der Waals surface area contributed by atoms with Gasteiger partial charge in [-0.05, 0) is 53.9 Å². The molecular formula is C20H34F2IN5O2. The third-order valence-electron chi connectivity index (χ3n) is 3.81. The fraction of sp³-hybridized carbons (Fsp3) is 0.600. The highest BCUT2D eigenvalue weighted by molar-refractivity contribution is 14.0. The zero-order valence-corrected chi connectivity index (χ0v) is 20.8. The molecule has 1 aromatic rings. The Hall–Kier alpha value is -1.69. The molecule has 1 atom stereocenters. The van der Waals surface area contributed by atoms with Crippen molar-refractivity contribution in [3.8, 4) is 0 Å². The molecular weight excluding hydrogens is 507 g/mol. The second-order valence-electron chi connectivity index (χ2n) is 7.69. The number of hydrogen-bond acceptors (Lipinski definition) is 4. The van der Waals surface area contributed by atoms with Gasteiger partial charge in [-0.15, -0.1) is 24.0 Å². The highest BCUT2D eigenvalue weighted by atomic mass is 127. The molecule has 0 spiro atoms. The number of likely N-dealkylation sites (N-methyl/N-ethyl adjacent to an activating group) is 1. The van der Waals surface area contributed by atoms with E-state index in [2.05, 4.69) is 20.9 Å².